The second-order valence-corrected chi connectivity index (χ2v) is 13.1. The molecule has 1 aromatic rings. The van der Waals surface area contributed by atoms with Gasteiger partial charge in [0.25, 0.3) is 0 Å². The lowest BCUT2D eigenvalue weighted by molar-refractivity contribution is -0.145. The van der Waals surface area contributed by atoms with Gasteiger partial charge in [0.1, 0.15) is 5.82 Å². The Kier molecular flexibility index (Phi) is 8.36. The maximum atomic E-state index is 14.6. The Morgan fingerprint density at radius 1 is 1.41 bits per heavy atom. The van der Waals surface area contributed by atoms with Gasteiger partial charge in [-0.3, -0.25) is 0 Å². The summed E-state index contributed by atoms with van der Waals surface area (Å²) in [6, 6.07) is 4.74. The molecule has 0 amide bonds. The van der Waals surface area contributed by atoms with E-state index < -0.39 is 26.1 Å². The molecule has 0 heterocycles. The molecule has 1 aromatic carbocycles. The minimum absolute atomic E-state index is 0.0760. The first-order valence-electron chi connectivity index (χ1n) is 9.39. The molecule has 0 aliphatic carbocycles. The van der Waals surface area contributed by atoms with Crippen LogP contribution in [0.25, 0.3) is 0 Å². The average molecular weight is 419 g/mol. The van der Waals surface area contributed by atoms with E-state index in [4.69, 9.17) is 14.4 Å². The van der Waals surface area contributed by atoms with Crippen molar-refractivity contribution in [2.24, 2.45) is 0 Å². The first-order chi connectivity index (χ1) is 13.4. The molecule has 7 heteroatoms. The molecule has 5 nitrogen and oxygen atoms in total. The lowest BCUT2D eigenvalue weighted by Gasteiger charge is -2.37. The molecule has 0 saturated heterocycles. The maximum Gasteiger partial charge on any atom is 0.333 e. The number of hydrogen-bond donors (Lipinski definition) is 0. The smallest absolute Gasteiger partial charge is 0.333 e. The van der Waals surface area contributed by atoms with Crippen molar-refractivity contribution in [3.05, 3.63) is 60.2 Å². The lowest BCUT2D eigenvalue weighted by atomic mass is 10.0. The number of nitrogens with zero attached hydrogens (tertiary/aromatic N) is 2. The van der Waals surface area contributed by atoms with Crippen molar-refractivity contribution in [1.29, 1.82) is 5.26 Å². The number of methoxy groups -OCH3 is 1. The fraction of sp³-hybridized carbons (Fsp3) is 0.455. The molecule has 0 aromatic heterocycles. The van der Waals surface area contributed by atoms with Crippen LogP contribution in [-0.2, 0) is 14.0 Å². The van der Waals surface area contributed by atoms with Crippen LogP contribution in [0.1, 0.15) is 44.4 Å². The van der Waals surface area contributed by atoms with Crippen LogP contribution >= 0.6 is 0 Å². The van der Waals surface area contributed by atoms with Crippen LogP contribution in [-0.4, -0.2) is 32.9 Å². The molecule has 0 N–H and O–H groups in total. The van der Waals surface area contributed by atoms with Gasteiger partial charge in [0.2, 0.25) is 0 Å². The number of halogens is 1. The van der Waals surface area contributed by atoms with E-state index >= 15 is 0 Å². The summed E-state index contributed by atoms with van der Waals surface area (Å²) in [6.45, 7) is 19.0. The zero-order valence-electron chi connectivity index (χ0n) is 18.2. The quantitative estimate of drug-likeness (QED) is 0.403. The van der Waals surface area contributed by atoms with Crippen LogP contribution in [0.15, 0.2) is 43.3 Å². The number of nitriles is 1. The largest absolute Gasteiger partial charge is 0.467 e. The Bertz CT molecular complexity index is 809. The number of carbonyl (C=O) groups is 1. The standard InChI is InChI=1S/C22H31FN2O3Si/c1-9-25(16(2)12-13-28-29(7,8)22(3,4)5)20(21(26)27-6)18-11-10-17(15-24)14-19(18)23/h9-11,14,20H,1-2,12-13H2,3-8H3. The number of rotatable bonds is 9. The van der Waals surface area contributed by atoms with E-state index in [1.165, 1.54) is 30.3 Å². The second-order valence-electron chi connectivity index (χ2n) is 8.29. The topological polar surface area (TPSA) is 62.6 Å². The number of esters is 1. The minimum atomic E-state index is -1.92. The van der Waals surface area contributed by atoms with Crippen molar-refractivity contribution < 1.29 is 18.3 Å². The Morgan fingerprint density at radius 3 is 2.48 bits per heavy atom. The molecule has 0 saturated carbocycles. The van der Waals surface area contributed by atoms with Crippen LogP contribution in [0.2, 0.25) is 18.1 Å². The SMILES string of the molecule is C=CN(C(=C)CCO[Si](C)(C)C(C)(C)C)C(C(=O)OC)c1ccc(C#N)cc1F. The van der Waals surface area contributed by atoms with Crippen LogP contribution in [0.4, 0.5) is 4.39 Å². The molecule has 158 valence electrons. The van der Waals surface area contributed by atoms with Crippen molar-refractivity contribution in [3.8, 4) is 6.07 Å². The Morgan fingerprint density at radius 2 is 2.03 bits per heavy atom. The highest BCUT2D eigenvalue weighted by molar-refractivity contribution is 6.74. The van der Waals surface area contributed by atoms with Crippen LogP contribution < -0.4 is 0 Å². The lowest BCUT2D eigenvalue weighted by Crippen LogP contribution is -2.41. The van der Waals surface area contributed by atoms with E-state index in [-0.39, 0.29) is 16.2 Å². The van der Waals surface area contributed by atoms with Crippen molar-refractivity contribution in [3.63, 3.8) is 0 Å². The fourth-order valence-electron chi connectivity index (χ4n) is 2.51. The van der Waals surface area contributed by atoms with Crippen molar-refractivity contribution in [1.82, 2.24) is 4.90 Å². The highest BCUT2D eigenvalue weighted by Crippen LogP contribution is 2.37. The van der Waals surface area contributed by atoms with E-state index in [0.29, 0.717) is 18.7 Å². The summed E-state index contributed by atoms with van der Waals surface area (Å²) in [7, 11) is -0.686. The summed E-state index contributed by atoms with van der Waals surface area (Å²) in [5.41, 5.74) is 0.807. The number of benzene rings is 1. The van der Waals surface area contributed by atoms with Gasteiger partial charge in [-0.25, -0.2) is 9.18 Å². The van der Waals surface area contributed by atoms with Crippen molar-refractivity contribution in [2.75, 3.05) is 13.7 Å². The van der Waals surface area contributed by atoms with E-state index in [0.717, 1.165) is 6.07 Å². The third-order valence-corrected chi connectivity index (χ3v) is 9.89. The third-order valence-electron chi connectivity index (χ3n) is 5.35. The molecule has 0 radical (unpaired) electrons. The zero-order valence-corrected chi connectivity index (χ0v) is 19.2. The molecular formula is C22H31FN2O3Si. The predicted octanol–water partition coefficient (Wildman–Crippen LogP) is 5.28. The van der Waals surface area contributed by atoms with E-state index in [9.17, 15) is 9.18 Å². The molecule has 0 aliphatic heterocycles. The van der Waals surface area contributed by atoms with E-state index in [2.05, 4.69) is 47.0 Å². The molecule has 0 spiro atoms. The molecule has 0 aliphatic rings. The van der Waals surface area contributed by atoms with Gasteiger partial charge in [-0.15, -0.1) is 0 Å². The monoisotopic (exact) mass is 418 g/mol. The summed E-state index contributed by atoms with van der Waals surface area (Å²) >= 11 is 0. The van der Waals surface area contributed by atoms with Gasteiger partial charge in [0.05, 0.1) is 18.7 Å². The zero-order chi connectivity index (χ0) is 22.4. The molecule has 1 unspecified atom stereocenters. The van der Waals surface area contributed by atoms with Gasteiger partial charge < -0.3 is 14.1 Å². The van der Waals surface area contributed by atoms with Gasteiger partial charge >= 0.3 is 5.97 Å². The first kappa shape index (κ1) is 24.6. The predicted molar refractivity (Wildman–Crippen MR) is 115 cm³/mol. The van der Waals surface area contributed by atoms with Gasteiger partial charge in [-0.1, -0.05) is 40.0 Å². The summed E-state index contributed by atoms with van der Waals surface area (Å²) in [6.07, 6.45) is 1.87. The van der Waals surface area contributed by atoms with Gasteiger partial charge in [0, 0.05) is 24.3 Å². The van der Waals surface area contributed by atoms with Crippen LogP contribution in [0.5, 0.6) is 0 Å². The summed E-state index contributed by atoms with van der Waals surface area (Å²) in [4.78, 5) is 14.0. The van der Waals surface area contributed by atoms with Gasteiger partial charge in [-0.2, -0.15) is 5.26 Å². The summed E-state index contributed by atoms with van der Waals surface area (Å²) in [5, 5.41) is 9.03. The first-order valence-corrected chi connectivity index (χ1v) is 12.3. The van der Waals surface area contributed by atoms with Crippen molar-refractivity contribution in [2.45, 2.75) is 51.4 Å². The van der Waals surface area contributed by atoms with Gasteiger partial charge in [0.15, 0.2) is 14.4 Å². The molecule has 29 heavy (non-hydrogen) atoms. The van der Waals surface area contributed by atoms with E-state index in [1.807, 2.05) is 6.07 Å². The number of carbonyl (C=O) groups excluding carboxylic acids is 1. The van der Waals surface area contributed by atoms with E-state index in [1.54, 1.807) is 0 Å². The Hall–Kier alpha value is -2.43. The van der Waals surface area contributed by atoms with Crippen LogP contribution in [0.3, 0.4) is 0 Å². The third kappa shape index (κ3) is 6.02. The molecule has 0 fully saturated rings. The average Bonchev–Trinajstić information content (AvgIpc) is 2.64. The highest BCUT2D eigenvalue weighted by Gasteiger charge is 2.37. The minimum Gasteiger partial charge on any atom is -0.467 e. The normalized spacial score (nSPS) is 12.6. The Balaban J connectivity index is 3.09. The highest BCUT2D eigenvalue weighted by atomic mass is 28.4. The number of ether oxygens (including phenoxy) is 1. The molecule has 1 rings (SSSR count). The maximum absolute atomic E-state index is 14.6. The second kappa shape index (κ2) is 9.86. The summed E-state index contributed by atoms with van der Waals surface area (Å²) in [5.74, 6) is -1.32. The molecule has 0 bridgehead atoms. The molecular weight excluding hydrogens is 387 g/mol. The van der Waals surface area contributed by atoms with Crippen LogP contribution in [0, 0.1) is 17.1 Å². The summed E-state index contributed by atoms with van der Waals surface area (Å²) < 4.78 is 25.7. The molecule has 1 atom stereocenters. The fourth-order valence-corrected chi connectivity index (χ4v) is 3.55. The van der Waals surface area contributed by atoms with Crippen molar-refractivity contribution >= 4 is 14.3 Å². The number of hydrogen-bond acceptors (Lipinski definition) is 5. The Labute approximate surface area is 174 Å². The van der Waals surface area contributed by atoms with Gasteiger partial charge in [-0.05, 0) is 36.5 Å².